The molecule has 0 aliphatic rings. The van der Waals surface area contributed by atoms with Crippen molar-refractivity contribution < 1.29 is 19.8 Å². The van der Waals surface area contributed by atoms with Crippen molar-refractivity contribution in [1.82, 2.24) is 9.97 Å². The molecule has 0 fully saturated rings. The minimum Gasteiger partial charge on any atom is -0.550 e. The number of H-pyrrole nitrogens is 2. The number of aromatic carboxylic acids is 1. The van der Waals surface area contributed by atoms with E-state index in [9.17, 15) is 19.5 Å². The second-order valence-corrected chi connectivity index (χ2v) is 2.28. The van der Waals surface area contributed by atoms with Gasteiger partial charge in [-0.05, 0) is 6.92 Å². The number of rotatable bonds is 1. The summed E-state index contributed by atoms with van der Waals surface area (Å²) in [5, 5.41) is 19.0. The fraction of sp³-hybridized carbons (Fsp3) is 0.143. The molecule has 0 radical (unpaired) electrons. The summed E-state index contributed by atoms with van der Waals surface area (Å²) in [4.78, 5) is 43.5. The second kappa shape index (κ2) is 7.65. The van der Waals surface area contributed by atoms with Crippen LogP contribution in [0.3, 0.4) is 0 Å². The van der Waals surface area contributed by atoms with Crippen LogP contribution in [-0.2, 0) is 4.79 Å². The topological polar surface area (TPSA) is 146 Å². The van der Waals surface area contributed by atoms with Crippen molar-refractivity contribution in [2.75, 3.05) is 0 Å². The molecule has 1 aromatic heterocycles. The summed E-state index contributed by atoms with van der Waals surface area (Å²) < 4.78 is 0. The number of hydrogen-bond donors (Lipinski definition) is 2. The number of hydrogen-bond acceptors (Lipinski definition) is 6. The van der Waals surface area contributed by atoms with Crippen molar-refractivity contribution in [1.29, 1.82) is 0 Å². The molecule has 8 nitrogen and oxygen atoms in total. The molecule has 2 N–H and O–H groups in total. The Hall–Kier alpha value is -1.61. The van der Waals surface area contributed by atoms with Crippen LogP contribution in [0.25, 0.3) is 0 Å². The summed E-state index contributed by atoms with van der Waals surface area (Å²) in [5.74, 6) is -2.67. The van der Waals surface area contributed by atoms with Gasteiger partial charge in [-0.1, -0.05) is 0 Å². The molecule has 0 unspecified atom stereocenters. The summed E-state index contributed by atoms with van der Waals surface area (Å²) in [5.41, 5.74) is -2.16. The second-order valence-electron chi connectivity index (χ2n) is 2.28. The predicted octanol–water partition coefficient (Wildman–Crippen LogP) is -4.20. The van der Waals surface area contributed by atoms with Crippen molar-refractivity contribution in [2.24, 2.45) is 0 Å². The number of carboxylic acids is 2. The number of carbonyl (C=O) groups is 2. The van der Waals surface area contributed by atoms with E-state index in [1.54, 1.807) is 0 Å². The average Bonchev–Trinajstić information content (AvgIpc) is 2.00. The van der Waals surface area contributed by atoms with Crippen LogP contribution >= 0.6 is 0 Å². The van der Waals surface area contributed by atoms with E-state index in [-0.39, 0.29) is 23.1 Å². The molecule has 0 saturated heterocycles. The average molecular weight is 238 g/mol. The molecule has 1 heterocycles. The van der Waals surface area contributed by atoms with Crippen molar-refractivity contribution in [3.05, 3.63) is 32.6 Å². The summed E-state index contributed by atoms with van der Waals surface area (Å²) in [6.45, 7) is 0.972. The first-order chi connectivity index (χ1) is 6.82. The molecule has 1 aromatic rings. The Labute approximate surface area is 104 Å². The van der Waals surface area contributed by atoms with Crippen LogP contribution in [0.4, 0.5) is 0 Å². The fourth-order valence-electron chi connectivity index (χ4n) is 0.579. The molecule has 82 valence electrons. The van der Waals surface area contributed by atoms with E-state index in [0.29, 0.717) is 0 Å². The Kier molecular flexibility index (Phi) is 8.03. The molecule has 0 amide bonds. The van der Waals surface area contributed by atoms with Gasteiger partial charge >= 0.3 is 28.7 Å². The van der Waals surface area contributed by atoms with E-state index in [0.717, 1.165) is 13.0 Å². The third-order valence-corrected chi connectivity index (χ3v) is 0.980. The van der Waals surface area contributed by atoms with Crippen LogP contribution < -0.4 is 21.5 Å². The standard InChI is InChI=1S/C5H4N2O4.C2H4O2.Mg/c8-3-1-2(4(9)10)6-5(11)7-3;1-2(3)4;/h1H,(H,9,10)(H2,6,7,8,11);1H3,(H,3,4);/q;;+2/p-2. The number of nitrogens with one attached hydrogen (secondary N) is 2. The largest absolute Gasteiger partial charge is 2.00 e. The molecule has 0 saturated carbocycles. The Balaban J connectivity index is 0. The van der Waals surface area contributed by atoms with E-state index in [1.807, 2.05) is 9.97 Å². The van der Waals surface area contributed by atoms with E-state index >= 15 is 0 Å². The van der Waals surface area contributed by atoms with Gasteiger partial charge in [0.15, 0.2) is 0 Å². The molecule has 0 aromatic carbocycles. The predicted molar refractivity (Wildman–Crippen MR) is 48.4 cm³/mol. The van der Waals surface area contributed by atoms with E-state index < -0.39 is 28.9 Å². The van der Waals surface area contributed by atoms with Gasteiger partial charge in [-0.3, -0.25) is 9.78 Å². The molecule has 0 bridgehead atoms. The molecule has 1 rings (SSSR count). The molecule has 0 aliphatic heterocycles. The smallest absolute Gasteiger partial charge is 0.550 e. The quantitative estimate of drug-likeness (QED) is 0.474. The Morgan fingerprint density at radius 3 is 1.94 bits per heavy atom. The molecule has 0 atom stereocenters. The molecule has 0 spiro atoms. The maximum absolute atomic E-state index is 10.4. The number of aromatic nitrogens is 2. The maximum Gasteiger partial charge on any atom is 2.00 e. The summed E-state index contributed by atoms with van der Waals surface area (Å²) in [6.07, 6.45) is 0. The van der Waals surface area contributed by atoms with Crippen LogP contribution in [0.15, 0.2) is 15.7 Å². The molecule has 9 heteroatoms. The third-order valence-electron chi connectivity index (χ3n) is 0.980. The van der Waals surface area contributed by atoms with Gasteiger partial charge in [-0.25, -0.2) is 4.79 Å². The minimum atomic E-state index is -1.59. The molecular weight excluding hydrogens is 232 g/mol. The molecular formula is C7H6MgN2O6. The van der Waals surface area contributed by atoms with Gasteiger partial charge in [-0.2, -0.15) is 0 Å². The van der Waals surface area contributed by atoms with Crippen molar-refractivity contribution in [3.8, 4) is 0 Å². The Morgan fingerprint density at radius 2 is 1.62 bits per heavy atom. The van der Waals surface area contributed by atoms with Crippen LogP contribution in [0.1, 0.15) is 17.4 Å². The van der Waals surface area contributed by atoms with Crippen LogP contribution in [-0.4, -0.2) is 45.0 Å². The number of carbonyl (C=O) groups excluding carboxylic acids is 2. The van der Waals surface area contributed by atoms with Gasteiger partial charge < -0.3 is 24.8 Å². The number of aromatic amines is 2. The number of aliphatic carboxylic acids is 1. The first-order valence-corrected chi connectivity index (χ1v) is 3.55. The normalized spacial score (nSPS) is 8.06. The van der Waals surface area contributed by atoms with Crippen LogP contribution in [0, 0.1) is 0 Å². The number of carboxylic acid groups (broad SMARTS) is 2. The zero-order valence-electron chi connectivity index (χ0n) is 8.23. The van der Waals surface area contributed by atoms with Gasteiger partial charge in [-0.15, -0.1) is 0 Å². The van der Waals surface area contributed by atoms with Gasteiger partial charge in [0.1, 0.15) is 0 Å². The van der Waals surface area contributed by atoms with Gasteiger partial charge in [0.25, 0.3) is 5.56 Å². The minimum absolute atomic E-state index is 0. The SMILES string of the molecule is CC(=O)[O-].O=C([O-])c1cc(=O)[nH]c(=O)[nH]1.[Mg+2]. The monoisotopic (exact) mass is 238 g/mol. The Bertz CT molecular complexity index is 444. The zero-order valence-corrected chi connectivity index (χ0v) is 9.65. The van der Waals surface area contributed by atoms with E-state index in [4.69, 9.17) is 9.90 Å². The first kappa shape index (κ1) is 16.8. The molecule has 0 aliphatic carbocycles. The van der Waals surface area contributed by atoms with Gasteiger partial charge in [0.05, 0.1) is 11.7 Å². The Morgan fingerprint density at radius 1 is 1.19 bits per heavy atom. The maximum atomic E-state index is 10.4. The van der Waals surface area contributed by atoms with Crippen molar-refractivity contribution in [2.45, 2.75) is 6.92 Å². The summed E-state index contributed by atoms with van der Waals surface area (Å²) in [6, 6.07) is 0.733. The van der Waals surface area contributed by atoms with Gasteiger partial charge in [0, 0.05) is 12.0 Å². The molecule has 16 heavy (non-hydrogen) atoms. The summed E-state index contributed by atoms with van der Waals surface area (Å²) >= 11 is 0. The van der Waals surface area contributed by atoms with E-state index in [2.05, 4.69) is 0 Å². The van der Waals surface area contributed by atoms with Crippen LogP contribution in [0.5, 0.6) is 0 Å². The fourth-order valence-corrected chi connectivity index (χ4v) is 0.579. The van der Waals surface area contributed by atoms with Crippen LogP contribution in [0.2, 0.25) is 0 Å². The zero-order chi connectivity index (χ0) is 12.0. The first-order valence-electron chi connectivity index (χ1n) is 3.55. The van der Waals surface area contributed by atoms with Gasteiger partial charge in [0.2, 0.25) is 0 Å². The van der Waals surface area contributed by atoms with Crippen molar-refractivity contribution >= 4 is 35.0 Å². The third kappa shape index (κ3) is 7.76. The van der Waals surface area contributed by atoms with Crippen molar-refractivity contribution in [3.63, 3.8) is 0 Å². The van der Waals surface area contributed by atoms with E-state index in [1.165, 1.54) is 0 Å². The summed E-state index contributed by atoms with van der Waals surface area (Å²) in [7, 11) is 0.